The van der Waals surface area contributed by atoms with Gasteiger partial charge < -0.3 is 10.2 Å². The number of aryl methyl sites for hydroxylation is 2. The van der Waals surface area contributed by atoms with Crippen LogP contribution in [0.2, 0.25) is 0 Å². The van der Waals surface area contributed by atoms with Crippen LogP contribution in [0.15, 0.2) is 34.2 Å². The van der Waals surface area contributed by atoms with Crippen molar-refractivity contribution < 1.29 is 0 Å². The molecule has 0 saturated heterocycles. The van der Waals surface area contributed by atoms with Gasteiger partial charge in [-0.15, -0.1) is 23.1 Å². The summed E-state index contributed by atoms with van der Waals surface area (Å²) >= 11 is 3.50. The number of aliphatic imine (C=N–C) groups is 1. The molecule has 0 spiro atoms. The number of guanidine groups is 1. The van der Waals surface area contributed by atoms with Crippen molar-refractivity contribution in [2.24, 2.45) is 4.99 Å². The summed E-state index contributed by atoms with van der Waals surface area (Å²) < 4.78 is 0. The van der Waals surface area contributed by atoms with Crippen molar-refractivity contribution in [2.45, 2.75) is 31.8 Å². The second-order valence-corrected chi connectivity index (χ2v) is 7.52. The third kappa shape index (κ3) is 4.97. The minimum Gasteiger partial charge on any atom is -0.350 e. The largest absolute Gasteiger partial charge is 0.350 e. The van der Waals surface area contributed by atoms with Crippen LogP contribution < -0.4 is 5.32 Å². The van der Waals surface area contributed by atoms with E-state index in [1.54, 1.807) is 23.1 Å². The van der Waals surface area contributed by atoms with Crippen LogP contribution in [-0.2, 0) is 13.1 Å². The van der Waals surface area contributed by atoms with E-state index in [1.165, 1.54) is 15.3 Å². The van der Waals surface area contributed by atoms with Crippen LogP contribution >= 0.6 is 23.1 Å². The standard InChI is InChI=1S/C17H24N4S2/c1-12-13(2)23-16(20-12)10-19-17(18-3)21(4)11-14-6-8-15(22-5)9-7-14/h6-9H,10-11H2,1-5H3,(H,18,19). The van der Waals surface area contributed by atoms with Gasteiger partial charge in [-0.1, -0.05) is 12.1 Å². The molecule has 1 heterocycles. The first-order valence-corrected chi connectivity index (χ1v) is 9.55. The smallest absolute Gasteiger partial charge is 0.194 e. The Morgan fingerprint density at radius 3 is 2.52 bits per heavy atom. The average Bonchev–Trinajstić information content (AvgIpc) is 2.87. The molecule has 2 rings (SSSR count). The minimum absolute atomic E-state index is 0.710. The number of benzene rings is 1. The van der Waals surface area contributed by atoms with E-state index >= 15 is 0 Å². The Hall–Kier alpha value is -1.53. The molecule has 0 aliphatic rings. The molecule has 1 N–H and O–H groups in total. The zero-order chi connectivity index (χ0) is 16.8. The van der Waals surface area contributed by atoms with Crippen LogP contribution in [0.1, 0.15) is 21.1 Å². The SMILES string of the molecule is CN=C(NCc1nc(C)c(C)s1)N(C)Cc1ccc(SC)cc1. The van der Waals surface area contributed by atoms with Crippen molar-refractivity contribution in [2.75, 3.05) is 20.4 Å². The van der Waals surface area contributed by atoms with Gasteiger partial charge in [-0.25, -0.2) is 4.98 Å². The van der Waals surface area contributed by atoms with Crippen LogP contribution in [0.5, 0.6) is 0 Å². The molecule has 0 amide bonds. The first kappa shape index (κ1) is 17.8. The lowest BCUT2D eigenvalue weighted by molar-refractivity contribution is 0.476. The minimum atomic E-state index is 0.710. The van der Waals surface area contributed by atoms with Gasteiger partial charge >= 0.3 is 0 Å². The molecule has 23 heavy (non-hydrogen) atoms. The summed E-state index contributed by atoms with van der Waals surface area (Å²) in [5, 5.41) is 4.48. The van der Waals surface area contributed by atoms with E-state index in [4.69, 9.17) is 0 Å². The topological polar surface area (TPSA) is 40.5 Å². The number of nitrogens with zero attached hydrogens (tertiary/aromatic N) is 3. The van der Waals surface area contributed by atoms with Gasteiger partial charge in [0.25, 0.3) is 0 Å². The number of thiazole rings is 1. The number of hydrogen-bond donors (Lipinski definition) is 1. The van der Waals surface area contributed by atoms with Gasteiger partial charge in [-0.3, -0.25) is 4.99 Å². The Kier molecular flexibility index (Phi) is 6.47. The summed E-state index contributed by atoms with van der Waals surface area (Å²) in [5.74, 6) is 0.879. The maximum atomic E-state index is 4.56. The fourth-order valence-corrected chi connectivity index (χ4v) is 3.52. The lowest BCUT2D eigenvalue weighted by Gasteiger charge is -2.22. The van der Waals surface area contributed by atoms with Crippen molar-refractivity contribution in [3.05, 3.63) is 45.4 Å². The zero-order valence-electron chi connectivity index (χ0n) is 14.4. The highest BCUT2D eigenvalue weighted by Gasteiger charge is 2.09. The summed E-state index contributed by atoms with van der Waals surface area (Å²) in [7, 11) is 3.87. The highest BCUT2D eigenvalue weighted by molar-refractivity contribution is 7.98. The molecule has 0 bridgehead atoms. The highest BCUT2D eigenvalue weighted by atomic mass is 32.2. The van der Waals surface area contributed by atoms with Crippen LogP contribution in [-0.4, -0.2) is 36.2 Å². The van der Waals surface area contributed by atoms with Crippen LogP contribution in [0.25, 0.3) is 0 Å². The quantitative estimate of drug-likeness (QED) is 0.508. The number of rotatable bonds is 5. The van der Waals surface area contributed by atoms with Gasteiger partial charge in [-0.2, -0.15) is 0 Å². The van der Waals surface area contributed by atoms with E-state index in [0.717, 1.165) is 23.2 Å². The molecule has 2 aromatic rings. The lowest BCUT2D eigenvalue weighted by Crippen LogP contribution is -2.38. The average molecular weight is 349 g/mol. The number of hydrogen-bond acceptors (Lipinski definition) is 4. The van der Waals surface area contributed by atoms with Crippen molar-refractivity contribution in [3.8, 4) is 0 Å². The van der Waals surface area contributed by atoms with Crippen LogP contribution in [0.3, 0.4) is 0 Å². The third-order valence-corrected chi connectivity index (χ3v) is 5.44. The van der Waals surface area contributed by atoms with E-state index in [-0.39, 0.29) is 0 Å². The molecule has 0 unspecified atom stereocenters. The Balaban J connectivity index is 1.93. The second-order valence-electron chi connectivity index (χ2n) is 5.35. The molecule has 0 saturated carbocycles. The van der Waals surface area contributed by atoms with E-state index in [2.05, 4.69) is 71.6 Å². The van der Waals surface area contributed by atoms with Gasteiger partial charge in [0.1, 0.15) is 5.01 Å². The molecule has 0 fully saturated rings. The summed E-state index contributed by atoms with van der Waals surface area (Å²) in [6.45, 7) is 5.69. The number of aromatic nitrogens is 1. The van der Waals surface area contributed by atoms with E-state index < -0.39 is 0 Å². The van der Waals surface area contributed by atoms with Gasteiger partial charge in [-0.05, 0) is 37.8 Å². The van der Waals surface area contributed by atoms with Gasteiger partial charge in [0.15, 0.2) is 5.96 Å². The molecule has 6 heteroatoms. The first-order valence-electron chi connectivity index (χ1n) is 7.51. The van der Waals surface area contributed by atoms with Gasteiger partial charge in [0.05, 0.1) is 12.2 Å². The molecule has 1 aromatic carbocycles. The van der Waals surface area contributed by atoms with Crippen molar-refractivity contribution in [3.63, 3.8) is 0 Å². The van der Waals surface area contributed by atoms with Gasteiger partial charge in [0.2, 0.25) is 0 Å². The van der Waals surface area contributed by atoms with E-state index in [0.29, 0.717) is 6.54 Å². The molecule has 0 aliphatic heterocycles. The molecule has 4 nitrogen and oxygen atoms in total. The maximum Gasteiger partial charge on any atom is 0.194 e. The molecular formula is C17H24N4S2. The molecule has 0 aliphatic carbocycles. The van der Waals surface area contributed by atoms with E-state index in [1.807, 2.05) is 7.05 Å². The monoisotopic (exact) mass is 348 g/mol. The van der Waals surface area contributed by atoms with Crippen LogP contribution in [0.4, 0.5) is 0 Å². The summed E-state index contributed by atoms with van der Waals surface area (Å²) in [5.41, 5.74) is 2.39. The molecule has 124 valence electrons. The maximum absolute atomic E-state index is 4.56. The van der Waals surface area contributed by atoms with Crippen molar-refractivity contribution in [1.29, 1.82) is 0 Å². The van der Waals surface area contributed by atoms with Crippen LogP contribution in [0, 0.1) is 13.8 Å². The zero-order valence-corrected chi connectivity index (χ0v) is 16.0. The predicted octanol–water partition coefficient (Wildman–Crippen LogP) is 3.69. The van der Waals surface area contributed by atoms with E-state index in [9.17, 15) is 0 Å². The Bertz CT molecular complexity index is 642. The Labute approximate surface area is 147 Å². The first-order chi connectivity index (χ1) is 11.0. The normalized spacial score (nSPS) is 11.6. The van der Waals surface area contributed by atoms with Crippen molar-refractivity contribution in [1.82, 2.24) is 15.2 Å². The highest BCUT2D eigenvalue weighted by Crippen LogP contribution is 2.17. The second kappa shape index (κ2) is 8.36. The fraction of sp³-hybridized carbons (Fsp3) is 0.412. The lowest BCUT2D eigenvalue weighted by atomic mass is 10.2. The molecular weight excluding hydrogens is 324 g/mol. The molecule has 0 atom stereocenters. The predicted molar refractivity (Wildman–Crippen MR) is 101 cm³/mol. The summed E-state index contributed by atoms with van der Waals surface area (Å²) in [6, 6.07) is 8.66. The van der Waals surface area contributed by atoms with Crippen molar-refractivity contribution >= 4 is 29.1 Å². The van der Waals surface area contributed by atoms with Gasteiger partial charge in [0, 0.05) is 30.4 Å². The summed E-state index contributed by atoms with van der Waals surface area (Å²) in [6.07, 6.45) is 2.09. The number of nitrogens with one attached hydrogen (secondary N) is 1. The number of thioether (sulfide) groups is 1. The molecule has 1 aromatic heterocycles. The Morgan fingerprint density at radius 2 is 2.00 bits per heavy atom. The molecule has 0 radical (unpaired) electrons. The summed E-state index contributed by atoms with van der Waals surface area (Å²) in [4.78, 5) is 13.6. The third-order valence-electron chi connectivity index (χ3n) is 3.62. The fourth-order valence-electron chi connectivity index (χ4n) is 2.23. The Morgan fingerprint density at radius 1 is 1.30 bits per heavy atom.